The average molecular weight is 304 g/mol. The van der Waals surface area contributed by atoms with E-state index in [4.69, 9.17) is 0 Å². The standard InChI is InChI=1S/C19H20N4/c1-13-4-7-16(8-5-13)22-18-11-19(21-12-20-18)23-17-9-6-14(2)10-15(17)3/h4-12H,1-3H3,(H2,20,21,22,23). The van der Waals surface area contributed by atoms with E-state index in [-0.39, 0.29) is 0 Å². The van der Waals surface area contributed by atoms with Crippen molar-refractivity contribution in [3.8, 4) is 0 Å². The Morgan fingerprint density at radius 3 is 2.04 bits per heavy atom. The highest BCUT2D eigenvalue weighted by Crippen LogP contribution is 2.22. The van der Waals surface area contributed by atoms with Gasteiger partial charge in [-0.2, -0.15) is 0 Å². The summed E-state index contributed by atoms with van der Waals surface area (Å²) in [5.41, 5.74) is 5.73. The Morgan fingerprint density at radius 2 is 1.35 bits per heavy atom. The Balaban J connectivity index is 1.78. The monoisotopic (exact) mass is 304 g/mol. The summed E-state index contributed by atoms with van der Waals surface area (Å²) in [4.78, 5) is 8.56. The highest BCUT2D eigenvalue weighted by Gasteiger charge is 2.03. The molecule has 2 aromatic carbocycles. The number of hydrogen-bond donors (Lipinski definition) is 2. The van der Waals surface area contributed by atoms with Crippen molar-refractivity contribution in [2.24, 2.45) is 0 Å². The van der Waals surface area contributed by atoms with Gasteiger partial charge in [0.15, 0.2) is 0 Å². The Kier molecular flexibility index (Phi) is 4.24. The van der Waals surface area contributed by atoms with E-state index < -0.39 is 0 Å². The van der Waals surface area contributed by atoms with Crippen molar-refractivity contribution in [3.05, 3.63) is 71.5 Å². The molecule has 0 amide bonds. The molecule has 0 aliphatic rings. The number of aryl methyl sites for hydroxylation is 3. The first-order valence-electron chi connectivity index (χ1n) is 7.60. The first kappa shape index (κ1) is 15.0. The molecule has 0 fully saturated rings. The number of rotatable bonds is 4. The third kappa shape index (κ3) is 3.86. The molecule has 4 heteroatoms. The van der Waals surface area contributed by atoms with Crippen molar-refractivity contribution in [2.45, 2.75) is 20.8 Å². The van der Waals surface area contributed by atoms with Crippen molar-refractivity contribution in [1.82, 2.24) is 9.97 Å². The quantitative estimate of drug-likeness (QED) is 0.720. The van der Waals surface area contributed by atoms with Crippen LogP contribution in [0.1, 0.15) is 16.7 Å². The Labute approximate surface area is 136 Å². The number of hydrogen-bond acceptors (Lipinski definition) is 4. The molecule has 0 saturated heterocycles. The SMILES string of the molecule is Cc1ccc(Nc2cc(Nc3ccc(C)cc3C)ncn2)cc1. The molecule has 1 heterocycles. The molecule has 116 valence electrons. The number of anilines is 4. The maximum absolute atomic E-state index is 4.29. The van der Waals surface area contributed by atoms with Crippen LogP contribution >= 0.6 is 0 Å². The summed E-state index contributed by atoms with van der Waals surface area (Å²) in [5.74, 6) is 1.53. The largest absolute Gasteiger partial charge is 0.340 e. The lowest BCUT2D eigenvalue weighted by atomic mass is 10.1. The van der Waals surface area contributed by atoms with Gasteiger partial charge in [0.1, 0.15) is 18.0 Å². The summed E-state index contributed by atoms with van der Waals surface area (Å²) in [7, 11) is 0. The zero-order valence-corrected chi connectivity index (χ0v) is 13.6. The molecule has 0 aliphatic heterocycles. The van der Waals surface area contributed by atoms with Crippen LogP contribution in [0, 0.1) is 20.8 Å². The molecular formula is C19H20N4. The minimum Gasteiger partial charge on any atom is -0.340 e. The third-order valence-corrected chi connectivity index (χ3v) is 3.64. The molecule has 4 nitrogen and oxygen atoms in total. The number of benzene rings is 2. The second-order valence-electron chi connectivity index (χ2n) is 5.72. The van der Waals surface area contributed by atoms with Gasteiger partial charge in [-0.1, -0.05) is 35.4 Å². The topological polar surface area (TPSA) is 49.8 Å². The maximum atomic E-state index is 4.29. The molecule has 3 aromatic rings. The molecule has 0 spiro atoms. The summed E-state index contributed by atoms with van der Waals surface area (Å²) in [6, 6.07) is 16.4. The number of aromatic nitrogens is 2. The smallest absolute Gasteiger partial charge is 0.135 e. The first-order valence-corrected chi connectivity index (χ1v) is 7.60. The molecule has 3 rings (SSSR count). The molecular weight excluding hydrogens is 284 g/mol. The Morgan fingerprint density at radius 1 is 0.696 bits per heavy atom. The van der Waals surface area contributed by atoms with Gasteiger partial charge < -0.3 is 10.6 Å². The second kappa shape index (κ2) is 6.48. The predicted molar refractivity (Wildman–Crippen MR) is 95.7 cm³/mol. The fraction of sp³-hybridized carbons (Fsp3) is 0.158. The van der Waals surface area contributed by atoms with E-state index in [1.54, 1.807) is 6.33 Å². The lowest BCUT2D eigenvalue weighted by Crippen LogP contribution is -1.99. The van der Waals surface area contributed by atoms with Crippen molar-refractivity contribution in [2.75, 3.05) is 10.6 Å². The van der Waals surface area contributed by atoms with Gasteiger partial charge in [-0.05, 0) is 44.5 Å². The summed E-state index contributed by atoms with van der Waals surface area (Å²) in [6.07, 6.45) is 1.56. The van der Waals surface area contributed by atoms with Crippen molar-refractivity contribution >= 4 is 23.0 Å². The van der Waals surface area contributed by atoms with Crippen LogP contribution in [0.15, 0.2) is 54.9 Å². The van der Waals surface area contributed by atoms with Crippen LogP contribution in [-0.4, -0.2) is 9.97 Å². The van der Waals surface area contributed by atoms with E-state index in [2.05, 4.69) is 71.7 Å². The van der Waals surface area contributed by atoms with Gasteiger partial charge in [0.25, 0.3) is 0 Å². The molecule has 1 aromatic heterocycles. The van der Waals surface area contributed by atoms with Crippen LogP contribution in [-0.2, 0) is 0 Å². The second-order valence-corrected chi connectivity index (χ2v) is 5.72. The molecule has 0 bridgehead atoms. The van der Waals surface area contributed by atoms with E-state index in [0.29, 0.717) is 0 Å². The van der Waals surface area contributed by atoms with Gasteiger partial charge in [0.2, 0.25) is 0 Å². The normalized spacial score (nSPS) is 10.4. The Bertz CT molecular complexity index is 810. The summed E-state index contributed by atoms with van der Waals surface area (Å²) >= 11 is 0. The molecule has 23 heavy (non-hydrogen) atoms. The van der Waals surface area contributed by atoms with Gasteiger partial charge >= 0.3 is 0 Å². The van der Waals surface area contributed by atoms with Crippen LogP contribution < -0.4 is 10.6 Å². The van der Waals surface area contributed by atoms with Gasteiger partial charge in [0, 0.05) is 17.4 Å². The zero-order chi connectivity index (χ0) is 16.2. The molecule has 0 atom stereocenters. The molecule has 0 unspecified atom stereocenters. The maximum Gasteiger partial charge on any atom is 0.135 e. The highest BCUT2D eigenvalue weighted by molar-refractivity contribution is 5.65. The van der Waals surface area contributed by atoms with Crippen molar-refractivity contribution in [1.29, 1.82) is 0 Å². The number of nitrogens with one attached hydrogen (secondary N) is 2. The van der Waals surface area contributed by atoms with Gasteiger partial charge in [0.05, 0.1) is 0 Å². The number of nitrogens with zero attached hydrogens (tertiary/aromatic N) is 2. The van der Waals surface area contributed by atoms with E-state index in [0.717, 1.165) is 23.0 Å². The molecule has 0 radical (unpaired) electrons. The van der Waals surface area contributed by atoms with Crippen LogP contribution in [0.25, 0.3) is 0 Å². The van der Waals surface area contributed by atoms with Gasteiger partial charge in [-0.25, -0.2) is 9.97 Å². The van der Waals surface area contributed by atoms with Crippen LogP contribution in [0.2, 0.25) is 0 Å². The minimum atomic E-state index is 0.760. The molecule has 0 aliphatic carbocycles. The molecule has 2 N–H and O–H groups in total. The van der Waals surface area contributed by atoms with Crippen LogP contribution in [0.4, 0.5) is 23.0 Å². The van der Waals surface area contributed by atoms with E-state index in [1.807, 2.05) is 18.2 Å². The fourth-order valence-corrected chi connectivity index (χ4v) is 2.37. The van der Waals surface area contributed by atoms with Crippen LogP contribution in [0.3, 0.4) is 0 Å². The van der Waals surface area contributed by atoms with Crippen LogP contribution in [0.5, 0.6) is 0 Å². The van der Waals surface area contributed by atoms with Gasteiger partial charge in [-0.3, -0.25) is 0 Å². The van der Waals surface area contributed by atoms with E-state index in [9.17, 15) is 0 Å². The molecule has 0 saturated carbocycles. The highest BCUT2D eigenvalue weighted by atomic mass is 15.1. The van der Waals surface area contributed by atoms with E-state index >= 15 is 0 Å². The van der Waals surface area contributed by atoms with E-state index in [1.165, 1.54) is 16.7 Å². The van der Waals surface area contributed by atoms with Crippen molar-refractivity contribution in [3.63, 3.8) is 0 Å². The predicted octanol–water partition coefficient (Wildman–Crippen LogP) is 4.89. The first-order chi connectivity index (χ1) is 11.1. The zero-order valence-electron chi connectivity index (χ0n) is 13.6. The van der Waals surface area contributed by atoms with Gasteiger partial charge in [-0.15, -0.1) is 0 Å². The fourth-order valence-electron chi connectivity index (χ4n) is 2.37. The summed E-state index contributed by atoms with van der Waals surface area (Å²) in [5, 5.41) is 6.63. The lowest BCUT2D eigenvalue weighted by Gasteiger charge is -2.11. The third-order valence-electron chi connectivity index (χ3n) is 3.64. The van der Waals surface area contributed by atoms with Crippen molar-refractivity contribution < 1.29 is 0 Å². The minimum absolute atomic E-state index is 0.760. The summed E-state index contributed by atoms with van der Waals surface area (Å²) in [6.45, 7) is 6.24. The lowest BCUT2D eigenvalue weighted by molar-refractivity contribution is 1.16. The Hall–Kier alpha value is -2.88. The summed E-state index contributed by atoms with van der Waals surface area (Å²) < 4.78 is 0. The average Bonchev–Trinajstić information content (AvgIpc) is 2.53.